The van der Waals surface area contributed by atoms with Crippen molar-refractivity contribution in [3.05, 3.63) is 27.7 Å². The van der Waals surface area contributed by atoms with E-state index in [9.17, 15) is 14.4 Å². The van der Waals surface area contributed by atoms with Gasteiger partial charge >= 0.3 is 5.97 Å². The van der Waals surface area contributed by atoms with Crippen LogP contribution in [0.5, 0.6) is 0 Å². The molecule has 0 N–H and O–H groups in total. The number of nitrogens with zero attached hydrogens (tertiary/aromatic N) is 1. The molecule has 0 aliphatic heterocycles. The molecule has 1 unspecified atom stereocenters. The van der Waals surface area contributed by atoms with Crippen LogP contribution < -0.4 is 4.90 Å². The number of rotatable bonds is 5. The minimum Gasteiger partial charge on any atom is -0.467 e. The number of carbonyl (C=O) groups excluding carboxylic acids is 3. The molecule has 0 aromatic heterocycles. The second-order valence-corrected chi connectivity index (χ2v) is 7.09. The number of amides is 1. The Hall–Kier alpha value is -1.34. The Kier molecular flexibility index (Phi) is 7.28. The molecule has 1 aromatic rings. The summed E-state index contributed by atoms with van der Waals surface area (Å²) in [5, 5.41) is -0.147. The van der Waals surface area contributed by atoms with E-state index < -0.39 is 12.0 Å². The number of thioether (sulfide) groups is 1. The zero-order valence-electron chi connectivity index (χ0n) is 13.8. The highest BCUT2D eigenvalue weighted by Crippen LogP contribution is 2.32. The van der Waals surface area contributed by atoms with Crippen LogP contribution in [0.1, 0.15) is 25.0 Å². The van der Waals surface area contributed by atoms with E-state index in [2.05, 4.69) is 15.9 Å². The van der Waals surface area contributed by atoms with Gasteiger partial charge in [-0.05, 0) is 38.0 Å². The summed E-state index contributed by atoms with van der Waals surface area (Å²) in [4.78, 5) is 37.2. The zero-order valence-corrected chi connectivity index (χ0v) is 16.2. The van der Waals surface area contributed by atoms with Crippen molar-refractivity contribution in [1.82, 2.24) is 0 Å². The van der Waals surface area contributed by atoms with Crippen LogP contribution in [0, 0.1) is 13.8 Å². The molecule has 1 rings (SSSR count). The van der Waals surface area contributed by atoms with E-state index in [1.807, 2.05) is 26.0 Å². The van der Waals surface area contributed by atoms with Crippen molar-refractivity contribution in [2.75, 3.05) is 17.8 Å². The Morgan fingerprint density at radius 2 is 1.91 bits per heavy atom. The monoisotopic (exact) mass is 401 g/mol. The third-order valence-corrected chi connectivity index (χ3v) is 5.06. The van der Waals surface area contributed by atoms with Gasteiger partial charge in [-0.2, -0.15) is 0 Å². The molecular formula is C16H20BrNO4S. The summed E-state index contributed by atoms with van der Waals surface area (Å²) < 4.78 is 5.62. The predicted octanol–water partition coefficient (Wildman–Crippen LogP) is 3.24. The average Bonchev–Trinajstić information content (AvgIpc) is 2.51. The fraction of sp³-hybridized carbons (Fsp3) is 0.438. The Morgan fingerprint density at radius 3 is 2.43 bits per heavy atom. The first-order chi connectivity index (χ1) is 10.7. The lowest BCUT2D eigenvalue weighted by molar-refractivity contribution is -0.142. The second kappa shape index (κ2) is 8.49. The standard InChI is InChI=1S/C16H20BrNO4S/c1-9-6-7-13(17)10(2)15(9)18(11(3)16(21)22-5)14(20)8-23-12(4)19/h6-7,11H,8H2,1-5H3. The van der Waals surface area contributed by atoms with Crippen LogP contribution in [-0.4, -0.2) is 35.9 Å². The highest BCUT2D eigenvalue weighted by molar-refractivity contribution is 9.10. The topological polar surface area (TPSA) is 63.7 Å². The molecule has 23 heavy (non-hydrogen) atoms. The van der Waals surface area contributed by atoms with Crippen molar-refractivity contribution in [2.24, 2.45) is 0 Å². The van der Waals surface area contributed by atoms with Gasteiger partial charge in [-0.15, -0.1) is 0 Å². The Labute approximate surface area is 148 Å². The number of hydrogen-bond acceptors (Lipinski definition) is 5. The number of anilines is 1. The second-order valence-electron chi connectivity index (χ2n) is 5.08. The van der Waals surface area contributed by atoms with E-state index in [0.717, 1.165) is 27.4 Å². The van der Waals surface area contributed by atoms with E-state index in [4.69, 9.17) is 4.74 Å². The fourth-order valence-corrected chi connectivity index (χ4v) is 3.01. The first-order valence-corrected chi connectivity index (χ1v) is 8.77. The molecule has 0 aliphatic rings. The molecule has 0 aliphatic carbocycles. The highest BCUT2D eigenvalue weighted by Gasteiger charge is 2.30. The van der Waals surface area contributed by atoms with Crippen molar-refractivity contribution >= 4 is 50.4 Å². The maximum absolute atomic E-state index is 12.7. The van der Waals surface area contributed by atoms with Gasteiger partial charge in [0.15, 0.2) is 5.12 Å². The van der Waals surface area contributed by atoms with Crippen LogP contribution in [0.15, 0.2) is 16.6 Å². The number of benzene rings is 1. The Balaban J connectivity index is 3.35. The lowest BCUT2D eigenvalue weighted by Crippen LogP contribution is -2.45. The van der Waals surface area contributed by atoms with Crippen LogP contribution in [0.25, 0.3) is 0 Å². The molecule has 0 bridgehead atoms. The minimum absolute atomic E-state index is 0.0257. The maximum atomic E-state index is 12.7. The largest absolute Gasteiger partial charge is 0.467 e. The van der Waals surface area contributed by atoms with Crippen LogP contribution in [0.4, 0.5) is 5.69 Å². The molecule has 126 valence electrons. The summed E-state index contributed by atoms with van der Waals surface area (Å²) in [5.41, 5.74) is 2.37. The summed E-state index contributed by atoms with van der Waals surface area (Å²) in [5.74, 6) is -0.848. The smallest absolute Gasteiger partial charge is 0.328 e. The molecule has 1 atom stereocenters. The van der Waals surface area contributed by atoms with Gasteiger partial charge in [-0.1, -0.05) is 33.8 Å². The van der Waals surface area contributed by atoms with Gasteiger partial charge in [0.25, 0.3) is 0 Å². The van der Waals surface area contributed by atoms with Gasteiger partial charge in [0, 0.05) is 11.4 Å². The van der Waals surface area contributed by atoms with E-state index in [1.54, 1.807) is 6.92 Å². The number of aryl methyl sites for hydroxylation is 1. The van der Waals surface area contributed by atoms with Crippen LogP contribution in [0.3, 0.4) is 0 Å². The highest BCUT2D eigenvalue weighted by atomic mass is 79.9. The summed E-state index contributed by atoms with van der Waals surface area (Å²) in [6.45, 7) is 6.76. The molecule has 0 spiro atoms. The molecular weight excluding hydrogens is 382 g/mol. The lowest BCUT2D eigenvalue weighted by atomic mass is 10.1. The van der Waals surface area contributed by atoms with Crippen LogP contribution >= 0.6 is 27.7 Å². The van der Waals surface area contributed by atoms with Gasteiger partial charge in [-0.3, -0.25) is 14.5 Å². The molecule has 0 saturated carbocycles. The minimum atomic E-state index is -0.785. The summed E-state index contributed by atoms with van der Waals surface area (Å²) in [7, 11) is 1.28. The van der Waals surface area contributed by atoms with Gasteiger partial charge in [-0.25, -0.2) is 4.79 Å². The van der Waals surface area contributed by atoms with Crippen molar-refractivity contribution < 1.29 is 19.1 Å². The van der Waals surface area contributed by atoms with E-state index in [-0.39, 0.29) is 16.8 Å². The molecule has 1 aromatic carbocycles. The normalized spacial score (nSPS) is 11.7. The Morgan fingerprint density at radius 1 is 1.30 bits per heavy atom. The predicted molar refractivity (Wildman–Crippen MR) is 95.7 cm³/mol. The molecule has 0 radical (unpaired) electrons. The summed E-state index contributed by atoms with van der Waals surface area (Å²) >= 11 is 4.37. The number of esters is 1. The zero-order chi connectivity index (χ0) is 17.7. The molecule has 0 fully saturated rings. The molecule has 1 amide bonds. The Bertz CT molecular complexity index is 633. The van der Waals surface area contributed by atoms with Crippen LogP contribution in [0.2, 0.25) is 0 Å². The summed E-state index contributed by atoms with van der Waals surface area (Å²) in [6.07, 6.45) is 0. The van der Waals surface area contributed by atoms with Gasteiger partial charge < -0.3 is 4.74 Å². The number of halogens is 1. The number of hydrogen-bond donors (Lipinski definition) is 0. The molecule has 7 heteroatoms. The van der Waals surface area contributed by atoms with Crippen molar-refractivity contribution in [2.45, 2.75) is 33.7 Å². The van der Waals surface area contributed by atoms with Gasteiger partial charge in [0.05, 0.1) is 18.6 Å². The summed E-state index contributed by atoms with van der Waals surface area (Å²) in [6, 6.07) is 2.98. The van der Waals surface area contributed by atoms with Crippen molar-refractivity contribution in [3.63, 3.8) is 0 Å². The van der Waals surface area contributed by atoms with Crippen LogP contribution in [-0.2, 0) is 19.1 Å². The van der Waals surface area contributed by atoms with E-state index in [0.29, 0.717) is 5.69 Å². The number of carbonyl (C=O) groups is 3. The quantitative estimate of drug-likeness (QED) is 0.708. The van der Waals surface area contributed by atoms with Gasteiger partial charge in [0.1, 0.15) is 6.04 Å². The van der Waals surface area contributed by atoms with E-state index in [1.165, 1.54) is 18.9 Å². The third-order valence-electron chi connectivity index (χ3n) is 3.40. The van der Waals surface area contributed by atoms with Crippen molar-refractivity contribution in [1.29, 1.82) is 0 Å². The fourth-order valence-electron chi connectivity index (χ4n) is 2.22. The number of ether oxygens (including phenoxy) is 1. The maximum Gasteiger partial charge on any atom is 0.328 e. The first kappa shape index (κ1) is 19.7. The third kappa shape index (κ3) is 4.81. The average molecular weight is 402 g/mol. The van der Waals surface area contributed by atoms with Gasteiger partial charge in [0.2, 0.25) is 5.91 Å². The molecule has 0 heterocycles. The lowest BCUT2D eigenvalue weighted by Gasteiger charge is -2.30. The first-order valence-electron chi connectivity index (χ1n) is 6.99. The molecule has 5 nitrogen and oxygen atoms in total. The van der Waals surface area contributed by atoms with E-state index >= 15 is 0 Å². The molecule has 0 saturated heterocycles. The SMILES string of the molecule is COC(=O)C(C)N(C(=O)CSC(C)=O)c1c(C)ccc(Br)c1C. The number of methoxy groups -OCH3 is 1. The van der Waals surface area contributed by atoms with Crippen molar-refractivity contribution in [3.8, 4) is 0 Å².